The lowest BCUT2D eigenvalue weighted by Gasteiger charge is -2.28. The second kappa shape index (κ2) is 9.51. The van der Waals surface area contributed by atoms with Gasteiger partial charge in [0.25, 0.3) is 5.91 Å². The van der Waals surface area contributed by atoms with Crippen LogP contribution in [-0.2, 0) is 4.79 Å². The van der Waals surface area contributed by atoms with Crippen LogP contribution >= 0.6 is 0 Å². The van der Waals surface area contributed by atoms with E-state index in [0.29, 0.717) is 29.5 Å². The number of hydrogen-bond donors (Lipinski definition) is 3. The summed E-state index contributed by atoms with van der Waals surface area (Å²) in [7, 11) is 0. The van der Waals surface area contributed by atoms with E-state index in [-0.39, 0.29) is 11.8 Å². The summed E-state index contributed by atoms with van der Waals surface area (Å²) < 4.78 is 0. The Morgan fingerprint density at radius 3 is 2.61 bits per heavy atom. The highest BCUT2D eigenvalue weighted by atomic mass is 16.2. The average Bonchev–Trinajstić information content (AvgIpc) is 2.71. The number of para-hydroxylation sites is 1. The van der Waals surface area contributed by atoms with E-state index in [9.17, 15) is 9.59 Å². The molecule has 1 aliphatic rings. The number of carbonyl (C=O) groups excluding carboxylic acids is 2. The van der Waals surface area contributed by atoms with Gasteiger partial charge in [0.2, 0.25) is 5.91 Å². The molecule has 0 aromatic heterocycles. The fourth-order valence-corrected chi connectivity index (χ4v) is 3.76. The Morgan fingerprint density at radius 2 is 1.89 bits per heavy atom. The highest BCUT2D eigenvalue weighted by Crippen LogP contribution is 2.24. The lowest BCUT2D eigenvalue weighted by molar-refractivity contribution is -0.117. The Morgan fingerprint density at radius 1 is 1.11 bits per heavy atom. The number of amides is 2. The Kier molecular flexibility index (Phi) is 6.82. The molecule has 5 heteroatoms. The first-order valence-electron chi connectivity index (χ1n) is 10.0. The molecule has 5 nitrogen and oxygen atoms in total. The van der Waals surface area contributed by atoms with Gasteiger partial charge in [0.1, 0.15) is 0 Å². The summed E-state index contributed by atoms with van der Waals surface area (Å²) in [5.41, 5.74) is 2.78. The Hall–Kier alpha value is -2.66. The minimum Gasteiger partial charge on any atom is -0.326 e. The Balaban J connectivity index is 1.63. The second-order valence-electron chi connectivity index (χ2n) is 7.63. The maximum atomic E-state index is 12.6. The molecule has 0 aliphatic carbocycles. The van der Waals surface area contributed by atoms with Crippen LogP contribution in [0.5, 0.6) is 0 Å². The molecule has 0 spiro atoms. The molecule has 2 aromatic carbocycles. The fourth-order valence-electron chi connectivity index (χ4n) is 3.76. The van der Waals surface area contributed by atoms with Crippen molar-refractivity contribution in [3.05, 3.63) is 59.7 Å². The van der Waals surface area contributed by atoms with Crippen LogP contribution in [0.3, 0.4) is 0 Å². The van der Waals surface area contributed by atoms with Crippen molar-refractivity contribution >= 4 is 23.2 Å². The van der Waals surface area contributed by atoms with E-state index in [0.717, 1.165) is 24.3 Å². The van der Waals surface area contributed by atoms with E-state index in [1.807, 2.05) is 43.3 Å². The van der Waals surface area contributed by atoms with Gasteiger partial charge in [0.15, 0.2) is 0 Å². The Bertz CT molecular complexity index is 814. The van der Waals surface area contributed by atoms with Gasteiger partial charge in [0, 0.05) is 23.4 Å². The number of anilines is 2. The largest absolute Gasteiger partial charge is 0.326 e. The highest BCUT2D eigenvalue weighted by Gasteiger charge is 2.22. The Labute approximate surface area is 166 Å². The van der Waals surface area contributed by atoms with Crippen molar-refractivity contribution in [3.63, 3.8) is 0 Å². The first kappa shape index (κ1) is 20.1. The molecule has 3 N–H and O–H groups in total. The molecule has 2 unspecified atom stereocenters. The third kappa shape index (κ3) is 5.20. The van der Waals surface area contributed by atoms with E-state index in [2.05, 4.69) is 22.9 Å². The van der Waals surface area contributed by atoms with Crippen molar-refractivity contribution in [2.75, 3.05) is 23.7 Å². The van der Waals surface area contributed by atoms with Crippen LogP contribution in [0.15, 0.2) is 48.5 Å². The topological polar surface area (TPSA) is 70.2 Å². The SMILES string of the molecule is Cc1c(NC(=O)CC(C)C2CCCNC2)cccc1C(=O)Nc1ccccc1. The van der Waals surface area contributed by atoms with Crippen LogP contribution in [0.2, 0.25) is 0 Å². The highest BCUT2D eigenvalue weighted by molar-refractivity contribution is 6.06. The molecule has 1 heterocycles. The van der Waals surface area contributed by atoms with Crippen LogP contribution in [0.1, 0.15) is 42.1 Å². The number of piperidine rings is 1. The molecular weight excluding hydrogens is 350 g/mol. The van der Waals surface area contributed by atoms with Gasteiger partial charge in [-0.3, -0.25) is 9.59 Å². The van der Waals surface area contributed by atoms with Crippen LogP contribution in [-0.4, -0.2) is 24.9 Å². The number of rotatable bonds is 6. The zero-order valence-electron chi connectivity index (χ0n) is 16.6. The van der Waals surface area contributed by atoms with Gasteiger partial charge in [0.05, 0.1) is 0 Å². The standard InChI is InChI=1S/C23H29N3O2/c1-16(18-8-7-13-24-15-18)14-22(27)26-21-12-6-11-20(17(21)2)23(28)25-19-9-4-3-5-10-19/h3-6,9-12,16,18,24H,7-8,13-15H2,1-2H3,(H,25,28)(H,26,27). The number of carbonyl (C=O) groups is 2. The van der Waals surface area contributed by atoms with Crippen molar-refractivity contribution in [1.29, 1.82) is 0 Å². The van der Waals surface area contributed by atoms with Crippen LogP contribution in [0.25, 0.3) is 0 Å². The minimum atomic E-state index is -0.179. The van der Waals surface area contributed by atoms with Gasteiger partial charge in [-0.05, 0) is 74.5 Å². The quantitative estimate of drug-likeness (QED) is 0.704. The van der Waals surface area contributed by atoms with Gasteiger partial charge in [-0.25, -0.2) is 0 Å². The molecule has 28 heavy (non-hydrogen) atoms. The molecule has 2 aromatic rings. The van der Waals surface area contributed by atoms with E-state index in [4.69, 9.17) is 0 Å². The van der Waals surface area contributed by atoms with Crippen LogP contribution in [0, 0.1) is 18.8 Å². The molecule has 0 radical (unpaired) electrons. The van der Waals surface area contributed by atoms with E-state index < -0.39 is 0 Å². The van der Waals surface area contributed by atoms with E-state index in [1.165, 1.54) is 12.8 Å². The van der Waals surface area contributed by atoms with Crippen molar-refractivity contribution in [3.8, 4) is 0 Å². The molecule has 2 amide bonds. The normalized spacial score (nSPS) is 17.6. The summed E-state index contributed by atoms with van der Waals surface area (Å²) in [6.07, 6.45) is 2.84. The van der Waals surface area contributed by atoms with Crippen molar-refractivity contribution in [2.24, 2.45) is 11.8 Å². The van der Waals surface area contributed by atoms with Crippen LogP contribution < -0.4 is 16.0 Å². The third-order valence-electron chi connectivity index (χ3n) is 5.53. The lowest BCUT2D eigenvalue weighted by atomic mass is 9.85. The van der Waals surface area contributed by atoms with Crippen molar-refractivity contribution < 1.29 is 9.59 Å². The average molecular weight is 380 g/mol. The predicted octanol–water partition coefficient (Wildman–Crippen LogP) is 4.21. The molecular formula is C23H29N3O2. The van der Waals surface area contributed by atoms with Gasteiger partial charge < -0.3 is 16.0 Å². The number of benzene rings is 2. The summed E-state index contributed by atoms with van der Waals surface area (Å²) >= 11 is 0. The molecule has 1 saturated heterocycles. The first-order chi connectivity index (χ1) is 13.5. The summed E-state index contributed by atoms with van der Waals surface area (Å²) in [4.78, 5) is 25.2. The summed E-state index contributed by atoms with van der Waals surface area (Å²) in [5, 5.41) is 9.31. The van der Waals surface area contributed by atoms with Gasteiger partial charge in [-0.15, -0.1) is 0 Å². The van der Waals surface area contributed by atoms with Gasteiger partial charge >= 0.3 is 0 Å². The van der Waals surface area contributed by atoms with E-state index >= 15 is 0 Å². The maximum Gasteiger partial charge on any atom is 0.256 e. The molecule has 1 fully saturated rings. The number of nitrogens with one attached hydrogen (secondary N) is 3. The predicted molar refractivity (Wildman–Crippen MR) is 114 cm³/mol. The smallest absolute Gasteiger partial charge is 0.256 e. The molecule has 3 rings (SSSR count). The first-order valence-corrected chi connectivity index (χ1v) is 10.0. The maximum absolute atomic E-state index is 12.6. The zero-order chi connectivity index (χ0) is 19.9. The van der Waals surface area contributed by atoms with Crippen LogP contribution in [0.4, 0.5) is 11.4 Å². The molecule has 148 valence electrons. The summed E-state index contributed by atoms with van der Waals surface area (Å²) in [6, 6.07) is 14.8. The summed E-state index contributed by atoms with van der Waals surface area (Å²) in [6.45, 7) is 6.08. The molecule has 1 aliphatic heterocycles. The van der Waals surface area contributed by atoms with Gasteiger partial charge in [-0.1, -0.05) is 31.2 Å². The van der Waals surface area contributed by atoms with Crippen molar-refractivity contribution in [1.82, 2.24) is 5.32 Å². The minimum absolute atomic E-state index is 0.00166. The summed E-state index contributed by atoms with van der Waals surface area (Å²) in [5.74, 6) is 0.699. The monoisotopic (exact) mass is 379 g/mol. The zero-order valence-corrected chi connectivity index (χ0v) is 16.6. The van der Waals surface area contributed by atoms with Crippen molar-refractivity contribution in [2.45, 2.75) is 33.1 Å². The lowest BCUT2D eigenvalue weighted by Crippen LogP contribution is -2.34. The van der Waals surface area contributed by atoms with E-state index in [1.54, 1.807) is 12.1 Å². The third-order valence-corrected chi connectivity index (χ3v) is 5.53. The molecule has 2 atom stereocenters. The second-order valence-corrected chi connectivity index (χ2v) is 7.63. The molecule has 0 saturated carbocycles. The fraction of sp³-hybridized carbons (Fsp3) is 0.391. The van der Waals surface area contributed by atoms with Gasteiger partial charge in [-0.2, -0.15) is 0 Å². The number of hydrogen-bond acceptors (Lipinski definition) is 3. The molecule has 0 bridgehead atoms.